The number of benzene rings is 2. The first-order valence-electron chi connectivity index (χ1n) is 9.96. The van der Waals surface area contributed by atoms with E-state index in [1.54, 1.807) is 10.7 Å². The van der Waals surface area contributed by atoms with Crippen LogP contribution in [-0.4, -0.2) is 50.8 Å². The maximum absolute atomic E-state index is 6.35. The summed E-state index contributed by atoms with van der Waals surface area (Å²) < 4.78 is 1.80. The molecule has 0 bridgehead atoms. The molecule has 1 aliphatic rings. The van der Waals surface area contributed by atoms with Crippen molar-refractivity contribution in [1.29, 1.82) is 0 Å². The molecule has 9 heteroatoms. The summed E-state index contributed by atoms with van der Waals surface area (Å²) in [4.78, 5) is 13.6. The topological polar surface area (TPSA) is 50.1 Å². The molecule has 1 aliphatic heterocycles. The van der Waals surface area contributed by atoms with Crippen LogP contribution < -0.4 is 4.90 Å². The van der Waals surface area contributed by atoms with Crippen molar-refractivity contribution >= 4 is 51.7 Å². The van der Waals surface area contributed by atoms with Gasteiger partial charge in [-0.05, 0) is 41.4 Å². The summed E-state index contributed by atoms with van der Waals surface area (Å²) in [5, 5.41) is 7.01. The quantitative estimate of drug-likeness (QED) is 0.386. The molecular formula is C22H19Cl3N6. The van der Waals surface area contributed by atoms with Gasteiger partial charge >= 0.3 is 0 Å². The molecule has 6 nitrogen and oxygen atoms in total. The van der Waals surface area contributed by atoms with E-state index >= 15 is 0 Å². The van der Waals surface area contributed by atoms with Gasteiger partial charge < -0.3 is 4.90 Å². The van der Waals surface area contributed by atoms with E-state index in [1.807, 2.05) is 48.7 Å². The summed E-state index contributed by atoms with van der Waals surface area (Å²) in [6.07, 6.45) is 1.81. The first kappa shape index (κ1) is 20.5. The molecule has 0 radical (unpaired) electrons. The Labute approximate surface area is 195 Å². The van der Waals surface area contributed by atoms with E-state index in [-0.39, 0.29) is 5.28 Å². The zero-order valence-corrected chi connectivity index (χ0v) is 18.8. The molecule has 3 heterocycles. The molecule has 0 aliphatic carbocycles. The third-order valence-corrected chi connectivity index (χ3v) is 6.22. The molecule has 1 saturated heterocycles. The molecule has 0 atom stereocenters. The predicted octanol–water partition coefficient (Wildman–Crippen LogP) is 5.10. The van der Waals surface area contributed by atoms with Crippen molar-refractivity contribution in [3.05, 3.63) is 75.6 Å². The third kappa shape index (κ3) is 4.21. The molecule has 5 rings (SSSR count). The SMILES string of the molecule is Clc1ccc(CN2CCN(c3nc(Cl)nc4c3cnn4-c3ccccc3)CC2)c(Cl)c1. The number of hydrogen-bond donors (Lipinski definition) is 0. The highest BCUT2D eigenvalue weighted by molar-refractivity contribution is 6.35. The van der Waals surface area contributed by atoms with Gasteiger partial charge in [0.1, 0.15) is 5.82 Å². The van der Waals surface area contributed by atoms with Gasteiger partial charge in [0.15, 0.2) is 5.65 Å². The lowest BCUT2D eigenvalue weighted by atomic mass is 10.2. The van der Waals surface area contributed by atoms with Crippen molar-refractivity contribution < 1.29 is 0 Å². The Morgan fingerprint density at radius 3 is 2.39 bits per heavy atom. The number of anilines is 1. The van der Waals surface area contributed by atoms with E-state index in [2.05, 4.69) is 24.9 Å². The van der Waals surface area contributed by atoms with Gasteiger partial charge in [-0.15, -0.1) is 0 Å². The molecule has 1 fully saturated rings. The second-order valence-corrected chi connectivity index (χ2v) is 8.63. The molecule has 0 unspecified atom stereocenters. The van der Waals surface area contributed by atoms with Gasteiger partial charge in [0.2, 0.25) is 5.28 Å². The number of fused-ring (bicyclic) bond motifs is 1. The van der Waals surface area contributed by atoms with E-state index < -0.39 is 0 Å². The zero-order valence-electron chi connectivity index (χ0n) is 16.5. The number of nitrogens with zero attached hydrogens (tertiary/aromatic N) is 6. The van der Waals surface area contributed by atoms with Crippen LogP contribution in [0.5, 0.6) is 0 Å². The monoisotopic (exact) mass is 472 g/mol. The molecule has 0 spiro atoms. The smallest absolute Gasteiger partial charge is 0.226 e. The van der Waals surface area contributed by atoms with Crippen LogP contribution in [0.2, 0.25) is 15.3 Å². The lowest BCUT2D eigenvalue weighted by Crippen LogP contribution is -2.46. The van der Waals surface area contributed by atoms with Crippen LogP contribution in [0.3, 0.4) is 0 Å². The summed E-state index contributed by atoms with van der Waals surface area (Å²) >= 11 is 18.7. The first-order valence-corrected chi connectivity index (χ1v) is 11.1. The summed E-state index contributed by atoms with van der Waals surface area (Å²) in [6, 6.07) is 15.5. The minimum Gasteiger partial charge on any atom is -0.353 e. The van der Waals surface area contributed by atoms with Crippen LogP contribution in [0.1, 0.15) is 5.56 Å². The Morgan fingerprint density at radius 2 is 1.65 bits per heavy atom. The number of para-hydroxylation sites is 1. The molecule has 158 valence electrons. The minimum absolute atomic E-state index is 0.218. The largest absolute Gasteiger partial charge is 0.353 e. The van der Waals surface area contributed by atoms with Crippen LogP contribution in [0.4, 0.5) is 5.82 Å². The summed E-state index contributed by atoms with van der Waals surface area (Å²) in [5.74, 6) is 0.821. The van der Waals surface area contributed by atoms with E-state index in [0.717, 1.165) is 55.2 Å². The number of rotatable bonds is 4. The summed E-state index contributed by atoms with van der Waals surface area (Å²) in [6.45, 7) is 4.20. The fourth-order valence-corrected chi connectivity index (χ4v) is 4.50. The number of aromatic nitrogens is 4. The van der Waals surface area contributed by atoms with Crippen molar-refractivity contribution in [3.63, 3.8) is 0 Å². The average molecular weight is 474 g/mol. The fraction of sp³-hybridized carbons (Fsp3) is 0.227. The summed E-state index contributed by atoms with van der Waals surface area (Å²) in [5.41, 5.74) is 2.72. The van der Waals surface area contributed by atoms with Gasteiger partial charge in [-0.2, -0.15) is 15.1 Å². The normalized spacial score (nSPS) is 15.0. The van der Waals surface area contributed by atoms with E-state index in [4.69, 9.17) is 34.8 Å². The van der Waals surface area contributed by atoms with Gasteiger partial charge in [-0.1, -0.05) is 47.5 Å². The van der Waals surface area contributed by atoms with Gasteiger partial charge in [-0.3, -0.25) is 4.90 Å². The Bertz CT molecular complexity index is 1220. The lowest BCUT2D eigenvalue weighted by Gasteiger charge is -2.35. The van der Waals surface area contributed by atoms with Crippen molar-refractivity contribution in [3.8, 4) is 5.69 Å². The highest BCUT2D eigenvalue weighted by atomic mass is 35.5. The van der Waals surface area contributed by atoms with Crippen molar-refractivity contribution in [2.75, 3.05) is 31.1 Å². The van der Waals surface area contributed by atoms with Crippen LogP contribution in [0.25, 0.3) is 16.7 Å². The molecule has 4 aromatic rings. The fourth-order valence-electron chi connectivity index (χ4n) is 3.88. The number of halogens is 3. The maximum Gasteiger partial charge on any atom is 0.226 e. The molecular weight excluding hydrogens is 455 g/mol. The first-order chi connectivity index (χ1) is 15.1. The van der Waals surface area contributed by atoms with Crippen molar-refractivity contribution in [2.45, 2.75) is 6.54 Å². The van der Waals surface area contributed by atoms with Crippen molar-refractivity contribution in [1.82, 2.24) is 24.6 Å². The van der Waals surface area contributed by atoms with Crippen molar-refractivity contribution in [2.24, 2.45) is 0 Å². The molecule has 0 saturated carbocycles. The zero-order chi connectivity index (χ0) is 21.4. The molecule has 0 amide bonds. The van der Waals surface area contributed by atoms with Gasteiger partial charge in [-0.25, -0.2) is 4.68 Å². The third-order valence-electron chi connectivity index (χ3n) is 5.46. The van der Waals surface area contributed by atoms with Gasteiger partial charge in [0.25, 0.3) is 0 Å². The molecule has 2 aromatic carbocycles. The second kappa shape index (κ2) is 8.63. The second-order valence-electron chi connectivity index (χ2n) is 7.44. The van der Waals surface area contributed by atoms with E-state index in [0.29, 0.717) is 15.7 Å². The van der Waals surface area contributed by atoms with Crippen LogP contribution in [-0.2, 0) is 6.54 Å². The maximum atomic E-state index is 6.35. The minimum atomic E-state index is 0.218. The lowest BCUT2D eigenvalue weighted by molar-refractivity contribution is 0.249. The highest BCUT2D eigenvalue weighted by Gasteiger charge is 2.23. The summed E-state index contributed by atoms with van der Waals surface area (Å²) in [7, 11) is 0. The van der Waals surface area contributed by atoms with E-state index in [1.165, 1.54) is 0 Å². The Kier molecular flexibility index (Phi) is 5.71. The van der Waals surface area contributed by atoms with Gasteiger partial charge in [0, 0.05) is 42.8 Å². The molecule has 0 N–H and O–H groups in total. The Morgan fingerprint density at radius 1 is 0.871 bits per heavy atom. The number of piperazine rings is 1. The molecule has 31 heavy (non-hydrogen) atoms. The Balaban J connectivity index is 1.37. The van der Waals surface area contributed by atoms with Crippen LogP contribution >= 0.6 is 34.8 Å². The predicted molar refractivity (Wildman–Crippen MR) is 126 cm³/mol. The van der Waals surface area contributed by atoms with Crippen LogP contribution in [0.15, 0.2) is 54.7 Å². The van der Waals surface area contributed by atoms with Crippen LogP contribution in [0, 0.1) is 0 Å². The molecule has 2 aromatic heterocycles. The van der Waals surface area contributed by atoms with Gasteiger partial charge in [0.05, 0.1) is 17.3 Å². The highest BCUT2D eigenvalue weighted by Crippen LogP contribution is 2.28. The standard InChI is InChI=1S/C22H19Cl3N6/c23-16-7-6-15(19(24)12-16)14-29-8-10-30(11-9-29)20-18-13-26-31(17-4-2-1-3-5-17)21(18)28-22(25)27-20/h1-7,12-13H,8-11,14H2. The Hall–Kier alpha value is -2.38. The average Bonchev–Trinajstić information content (AvgIpc) is 3.20. The number of hydrogen-bond acceptors (Lipinski definition) is 5. The van der Waals surface area contributed by atoms with E-state index in [9.17, 15) is 0 Å².